The Morgan fingerprint density at radius 1 is 1.32 bits per heavy atom. The second-order valence-corrected chi connectivity index (χ2v) is 5.44. The number of hydrogen-bond acceptors (Lipinski definition) is 2. The van der Waals surface area contributed by atoms with Crippen LogP contribution >= 0.6 is 0 Å². The Bertz CT molecular complexity index is 469. The molecule has 0 saturated heterocycles. The van der Waals surface area contributed by atoms with E-state index in [0.29, 0.717) is 12.6 Å². The molecule has 4 heteroatoms. The molecule has 1 aliphatic carbocycles. The number of ether oxygens (including phenoxy) is 1. The van der Waals surface area contributed by atoms with E-state index in [1.807, 2.05) is 36.1 Å². The number of carbonyl (C=O) groups is 1. The molecule has 1 heterocycles. The topological polar surface area (TPSA) is 41.6 Å². The van der Waals surface area contributed by atoms with E-state index < -0.39 is 0 Å². The van der Waals surface area contributed by atoms with Gasteiger partial charge in [-0.2, -0.15) is 0 Å². The Morgan fingerprint density at radius 3 is 2.84 bits per heavy atom. The standard InChI is InChI=1S/C15H20N2O2/c1-11-10-17(13-8-4-5-9-14(13)19-11)15(18)16-12-6-2-3-7-12/h4-5,8-9,11-12H,2-3,6-7,10H2,1H3,(H,16,18). The fourth-order valence-corrected chi connectivity index (χ4v) is 2.90. The van der Waals surface area contributed by atoms with Gasteiger partial charge in [0.25, 0.3) is 0 Å². The summed E-state index contributed by atoms with van der Waals surface area (Å²) in [7, 11) is 0. The minimum atomic E-state index is 0.00880. The van der Waals surface area contributed by atoms with Gasteiger partial charge < -0.3 is 10.1 Å². The van der Waals surface area contributed by atoms with E-state index in [9.17, 15) is 4.79 Å². The molecule has 1 aliphatic heterocycles. The number of rotatable bonds is 1. The average molecular weight is 260 g/mol. The van der Waals surface area contributed by atoms with E-state index in [-0.39, 0.29) is 12.1 Å². The van der Waals surface area contributed by atoms with Gasteiger partial charge in [-0.1, -0.05) is 25.0 Å². The second kappa shape index (κ2) is 5.11. The zero-order chi connectivity index (χ0) is 13.2. The zero-order valence-electron chi connectivity index (χ0n) is 11.3. The summed E-state index contributed by atoms with van der Waals surface area (Å²) in [4.78, 5) is 14.2. The summed E-state index contributed by atoms with van der Waals surface area (Å²) in [6.45, 7) is 2.60. The van der Waals surface area contributed by atoms with E-state index >= 15 is 0 Å². The van der Waals surface area contributed by atoms with Gasteiger partial charge in [0.05, 0.1) is 12.2 Å². The van der Waals surface area contributed by atoms with Crippen molar-refractivity contribution >= 4 is 11.7 Å². The van der Waals surface area contributed by atoms with E-state index in [1.54, 1.807) is 0 Å². The normalized spacial score (nSPS) is 22.8. The summed E-state index contributed by atoms with van der Waals surface area (Å²) >= 11 is 0. The van der Waals surface area contributed by atoms with Crippen LogP contribution in [-0.4, -0.2) is 24.7 Å². The Hall–Kier alpha value is -1.71. The summed E-state index contributed by atoms with van der Waals surface area (Å²) in [5, 5.41) is 3.14. The van der Waals surface area contributed by atoms with E-state index in [2.05, 4.69) is 5.32 Å². The third kappa shape index (κ3) is 2.53. The van der Waals surface area contributed by atoms with Crippen molar-refractivity contribution in [2.24, 2.45) is 0 Å². The quantitative estimate of drug-likeness (QED) is 0.843. The van der Waals surface area contributed by atoms with Crippen molar-refractivity contribution in [2.45, 2.75) is 44.8 Å². The number of urea groups is 1. The van der Waals surface area contributed by atoms with E-state index in [0.717, 1.165) is 24.3 Å². The molecule has 1 atom stereocenters. The molecule has 0 aromatic heterocycles. The number of anilines is 1. The zero-order valence-corrected chi connectivity index (χ0v) is 11.3. The van der Waals surface area contributed by atoms with Gasteiger partial charge in [-0.05, 0) is 31.9 Å². The van der Waals surface area contributed by atoms with Crippen LogP contribution in [-0.2, 0) is 0 Å². The van der Waals surface area contributed by atoms with Gasteiger partial charge >= 0.3 is 6.03 Å². The Kier molecular flexibility index (Phi) is 3.32. The predicted octanol–water partition coefficient (Wildman–Crippen LogP) is 2.93. The van der Waals surface area contributed by atoms with Crippen LogP contribution in [0.4, 0.5) is 10.5 Å². The van der Waals surface area contributed by atoms with Crippen LogP contribution in [0.25, 0.3) is 0 Å². The van der Waals surface area contributed by atoms with Crippen LogP contribution in [0.5, 0.6) is 5.75 Å². The highest BCUT2D eigenvalue weighted by molar-refractivity contribution is 5.94. The van der Waals surface area contributed by atoms with Gasteiger partial charge in [0.2, 0.25) is 0 Å². The molecule has 0 radical (unpaired) electrons. The number of amides is 2. The van der Waals surface area contributed by atoms with Crippen LogP contribution in [0.2, 0.25) is 0 Å². The Balaban J connectivity index is 1.78. The maximum Gasteiger partial charge on any atom is 0.322 e. The Labute approximate surface area is 113 Å². The smallest absolute Gasteiger partial charge is 0.322 e. The van der Waals surface area contributed by atoms with Crippen molar-refractivity contribution in [2.75, 3.05) is 11.4 Å². The molecule has 2 amide bonds. The molecule has 2 aliphatic rings. The fraction of sp³-hybridized carbons (Fsp3) is 0.533. The largest absolute Gasteiger partial charge is 0.487 e. The highest BCUT2D eigenvalue weighted by Crippen LogP contribution is 2.33. The molecular weight excluding hydrogens is 240 g/mol. The lowest BCUT2D eigenvalue weighted by molar-refractivity contribution is 0.204. The van der Waals surface area contributed by atoms with Crippen LogP contribution in [0, 0.1) is 0 Å². The van der Waals surface area contributed by atoms with Crippen molar-refractivity contribution in [3.05, 3.63) is 24.3 Å². The average Bonchev–Trinajstić information content (AvgIpc) is 2.90. The monoisotopic (exact) mass is 260 g/mol. The number of nitrogens with one attached hydrogen (secondary N) is 1. The molecule has 0 spiro atoms. The van der Waals surface area contributed by atoms with Gasteiger partial charge in [-0.15, -0.1) is 0 Å². The lowest BCUT2D eigenvalue weighted by Gasteiger charge is -2.34. The van der Waals surface area contributed by atoms with Crippen LogP contribution < -0.4 is 15.0 Å². The minimum Gasteiger partial charge on any atom is -0.487 e. The first-order chi connectivity index (χ1) is 9.24. The van der Waals surface area contributed by atoms with Gasteiger partial charge in [-0.25, -0.2) is 4.79 Å². The molecule has 0 bridgehead atoms. The first-order valence-corrected chi connectivity index (χ1v) is 7.08. The molecule has 1 aromatic rings. The fourth-order valence-electron chi connectivity index (χ4n) is 2.90. The summed E-state index contributed by atoms with van der Waals surface area (Å²) in [5.74, 6) is 0.794. The van der Waals surface area contributed by atoms with Crippen LogP contribution in [0.1, 0.15) is 32.6 Å². The molecular formula is C15H20N2O2. The van der Waals surface area contributed by atoms with Gasteiger partial charge in [0.15, 0.2) is 0 Å². The highest BCUT2D eigenvalue weighted by atomic mass is 16.5. The van der Waals surface area contributed by atoms with Crippen molar-refractivity contribution in [1.29, 1.82) is 0 Å². The summed E-state index contributed by atoms with van der Waals surface area (Å²) in [6, 6.07) is 8.08. The SMILES string of the molecule is CC1CN(C(=O)NC2CCCC2)c2ccccc2O1. The number of nitrogens with zero attached hydrogens (tertiary/aromatic N) is 1. The van der Waals surface area contributed by atoms with Crippen LogP contribution in [0.15, 0.2) is 24.3 Å². The number of hydrogen-bond donors (Lipinski definition) is 1. The summed E-state index contributed by atoms with van der Waals surface area (Å²) < 4.78 is 5.76. The van der Waals surface area contributed by atoms with E-state index in [1.165, 1.54) is 12.8 Å². The molecule has 1 saturated carbocycles. The summed E-state index contributed by atoms with van der Waals surface area (Å²) in [5.41, 5.74) is 0.871. The number of carbonyl (C=O) groups excluding carboxylic acids is 1. The lowest BCUT2D eigenvalue weighted by Crippen LogP contribution is -2.49. The first-order valence-electron chi connectivity index (χ1n) is 7.08. The molecule has 3 rings (SSSR count). The Morgan fingerprint density at radius 2 is 2.05 bits per heavy atom. The molecule has 1 N–H and O–H groups in total. The van der Waals surface area contributed by atoms with Crippen molar-refractivity contribution in [3.63, 3.8) is 0 Å². The van der Waals surface area contributed by atoms with Crippen molar-refractivity contribution in [3.8, 4) is 5.75 Å². The highest BCUT2D eigenvalue weighted by Gasteiger charge is 2.29. The van der Waals surface area contributed by atoms with Crippen molar-refractivity contribution < 1.29 is 9.53 Å². The van der Waals surface area contributed by atoms with Crippen LogP contribution in [0.3, 0.4) is 0 Å². The molecule has 19 heavy (non-hydrogen) atoms. The maximum atomic E-state index is 12.4. The predicted molar refractivity (Wildman–Crippen MR) is 74.7 cm³/mol. The number of para-hydroxylation sites is 2. The third-order valence-corrected chi connectivity index (χ3v) is 3.85. The maximum absolute atomic E-state index is 12.4. The number of fused-ring (bicyclic) bond motifs is 1. The molecule has 1 aromatic carbocycles. The number of benzene rings is 1. The van der Waals surface area contributed by atoms with Gasteiger partial charge in [0, 0.05) is 6.04 Å². The molecule has 102 valence electrons. The van der Waals surface area contributed by atoms with E-state index in [4.69, 9.17) is 4.74 Å². The lowest BCUT2D eigenvalue weighted by atomic mass is 10.2. The summed E-state index contributed by atoms with van der Waals surface area (Å²) in [6.07, 6.45) is 4.69. The second-order valence-electron chi connectivity index (χ2n) is 5.44. The molecule has 1 unspecified atom stereocenters. The van der Waals surface area contributed by atoms with Crippen molar-refractivity contribution in [1.82, 2.24) is 5.32 Å². The first kappa shape index (κ1) is 12.3. The molecule has 1 fully saturated rings. The van der Waals surface area contributed by atoms with Gasteiger partial charge in [-0.3, -0.25) is 4.90 Å². The third-order valence-electron chi connectivity index (χ3n) is 3.85. The molecule has 4 nitrogen and oxygen atoms in total. The minimum absolute atomic E-state index is 0.00880. The van der Waals surface area contributed by atoms with Gasteiger partial charge in [0.1, 0.15) is 11.9 Å².